The number of hydrogen-bond acceptors (Lipinski definition) is 2. The Morgan fingerprint density at radius 3 is 2.50 bits per heavy atom. The van der Waals surface area contributed by atoms with Crippen LogP contribution in [0.5, 0.6) is 0 Å². The molecule has 4 unspecified atom stereocenters. The molecule has 2 heteroatoms. The Bertz CT molecular complexity index is 439. The lowest BCUT2D eigenvalue weighted by molar-refractivity contribution is 0.337. The Labute approximate surface area is 123 Å². The zero-order valence-electron chi connectivity index (χ0n) is 13.1. The lowest BCUT2D eigenvalue weighted by Crippen LogP contribution is -2.28. The second kappa shape index (κ2) is 5.77. The Kier molecular flexibility index (Phi) is 4.02. The SMILES string of the molecule is CNC(C)c1ccc(N(C)CC2CC3CCC2C3)cc1. The summed E-state index contributed by atoms with van der Waals surface area (Å²) in [6.07, 6.45) is 5.98. The predicted molar refractivity (Wildman–Crippen MR) is 86.1 cm³/mol. The van der Waals surface area contributed by atoms with Crippen LogP contribution in [0.15, 0.2) is 24.3 Å². The summed E-state index contributed by atoms with van der Waals surface area (Å²) in [6.45, 7) is 3.44. The Morgan fingerprint density at radius 1 is 1.20 bits per heavy atom. The van der Waals surface area contributed by atoms with Crippen molar-refractivity contribution in [2.45, 2.75) is 38.6 Å². The number of nitrogens with zero attached hydrogens (tertiary/aromatic N) is 1. The van der Waals surface area contributed by atoms with Crippen LogP contribution >= 0.6 is 0 Å². The van der Waals surface area contributed by atoms with E-state index in [2.05, 4.69) is 48.5 Å². The van der Waals surface area contributed by atoms with E-state index in [1.807, 2.05) is 7.05 Å². The molecule has 0 saturated heterocycles. The molecule has 2 aliphatic carbocycles. The highest BCUT2D eigenvalue weighted by molar-refractivity contribution is 5.47. The van der Waals surface area contributed by atoms with Crippen LogP contribution in [0.2, 0.25) is 0 Å². The zero-order chi connectivity index (χ0) is 14.1. The van der Waals surface area contributed by atoms with Crippen molar-refractivity contribution in [1.29, 1.82) is 0 Å². The minimum absolute atomic E-state index is 0.430. The normalized spacial score (nSPS) is 29.6. The van der Waals surface area contributed by atoms with Crippen molar-refractivity contribution >= 4 is 5.69 Å². The van der Waals surface area contributed by atoms with Gasteiger partial charge in [-0.2, -0.15) is 0 Å². The molecule has 2 nitrogen and oxygen atoms in total. The van der Waals surface area contributed by atoms with Gasteiger partial charge in [-0.3, -0.25) is 0 Å². The van der Waals surface area contributed by atoms with Gasteiger partial charge in [-0.25, -0.2) is 0 Å². The molecule has 0 heterocycles. The van der Waals surface area contributed by atoms with E-state index in [1.165, 1.54) is 43.5 Å². The minimum Gasteiger partial charge on any atom is -0.374 e. The van der Waals surface area contributed by atoms with E-state index < -0.39 is 0 Å². The molecule has 0 spiro atoms. The number of hydrogen-bond donors (Lipinski definition) is 1. The Hall–Kier alpha value is -1.02. The monoisotopic (exact) mass is 272 g/mol. The van der Waals surface area contributed by atoms with Crippen molar-refractivity contribution in [3.05, 3.63) is 29.8 Å². The molecule has 0 radical (unpaired) electrons. The van der Waals surface area contributed by atoms with Crippen molar-refractivity contribution < 1.29 is 0 Å². The van der Waals surface area contributed by atoms with E-state index in [0.29, 0.717) is 6.04 Å². The number of benzene rings is 1. The van der Waals surface area contributed by atoms with Crippen molar-refractivity contribution in [3.8, 4) is 0 Å². The first kappa shape index (κ1) is 13.9. The maximum atomic E-state index is 3.29. The molecule has 110 valence electrons. The molecule has 1 N–H and O–H groups in total. The smallest absolute Gasteiger partial charge is 0.0363 e. The van der Waals surface area contributed by atoms with Gasteiger partial charge in [0.2, 0.25) is 0 Å². The average molecular weight is 272 g/mol. The third kappa shape index (κ3) is 2.71. The summed E-state index contributed by atoms with van der Waals surface area (Å²) in [4.78, 5) is 2.46. The number of rotatable bonds is 5. The van der Waals surface area contributed by atoms with Crippen molar-refractivity contribution in [2.24, 2.45) is 17.8 Å². The van der Waals surface area contributed by atoms with Crippen LogP contribution in [0.1, 0.15) is 44.2 Å². The minimum atomic E-state index is 0.430. The van der Waals surface area contributed by atoms with E-state index in [0.717, 1.165) is 17.8 Å². The van der Waals surface area contributed by atoms with Crippen LogP contribution in [0.3, 0.4) is 0 Å². The van der Waals surface area contributed by atoms with Crippen LogP contribution in [0.25, 0.3) is 0 Å². The molecule has 3 rings (SSSR count). The van der Waals surface area contributed by atoms with Crippen LogP contribution in [-0.2, 0) is 0 Å². The second-order valence-electron chi connectivity index (χ2n) is 6.92. The molecule has 0 amide bonds. The van der Waals surface area contributed by atoms with Crippen LogP contribution in [-0.4, -0.2) is 20.6 Å². The second-order valence-corrected chi connectivity index (χ2v) is 6.92. The molecule has 0 aliphatic heterocycles. The van der Waals surface area contributed by atoms with E-state index >= 15 is 0 Å². The number of nitrogens with one attached hydrogen (secondary N) is 1. The van der Waals surface area contributed by atoms with E-state index in [4.69, 9.17) is 0 Å². The third-order valence-corrected chi connectivity index (χ3v) is 5.66. The number of anilines is 1. The summed E-state index contributed by atoms with van der Waals surface area (Å²) in [7, 11) is 4.27. The lowest BCUT2D eigenvalue weighted by Gasteiger charge is -2.28. The van der Waals surface area contributed by atoms with Crippen LogP contribution < -0.4 is 10.2 Å². The first-order chi connectivity index (χ1) is 9.67. The fraction of sp³-hybridized carbons (Fsp3) is 0.667. The van der Waals surface area contributed by atoms with E-state index in [9.17, 15) is 0 Å². The van der Waals surface area contributed by atoms with Gasteiger partial charge in [-0.05, 0) is 68.7 Å². The summed E-state index contributed by atoms with van der Waals surface area (Å²) >= 11 is 0. The maximum absolute atomic E-state index is 3.29. The number of fused-ring (bicyclic) bond motifs is 2. The highest BCUT2D eigenvalue weighted by Crippen LogP contribution is 2.48. The van der Waals surface area contributed by atoms with Gasteiger partial charge in [0.25, 0.3) is 0 Å². The first-order valence-corrected chi connectivity index (χ1v) is 8.15. The van der Waals surface area contributed by atoms with Gasteiger partial charge in [0.05, 0.1) is 0 Å². The summed E-state index contributed by atoms with van der Waals surface area (Å²) in [5.41, 5.74) is 2.73. The third-order valence-electron chi connectivity index (χ3n) is 5.66. The van der Waals surface area contributed by atoms with Gasteiger partial charge >= 0.3 is 0 Å². The molecule has 4 atom stereocenters. The molecule has 0 aromatic heterocycles. The highest BCUT2D eigenvalue weighted by atomic mass is 15.1. The van der Waals surface area contributed by atoms with Crippen molar-refractivity contribution in [2.75, 3.05) is 25.5 Å². The van der Waals surface area contributed by atoms with Gasteiger partial charge in [0.15, 0.2) is 0 Å². The standard InChI is InChI=1S/C18H28N2/c1-13(19-2)15-6-8-18(9-7-15)20(3)12-17-11-14-4-5-16(17)10-14/h6-9,13-14,16-17,19H,4-5,10-12H2,1-3H3. The Balaban J connectivity index is 1.61. The van der Waals surface area contributed by atoms with Crippen LogP contribution in [0, 0.1) is 17.8 Å². The molecule has 1 aromatic carbocycles. The summed E-state index contributed by atoms with van der Waals surface area (Å²) in [5, 5.41) is 3.29. The fourth-order valence-corrected chi connectivity index (χ4v) is 4.24. The van der Waals surface area contributed by atoms with E-state index in [-0.39, 0.29) is 0 Å². The predicted octanol–water partition coefficient (Wildman–Crippen LogP) is 3.84. The molecular formula is C18H28N2. The molecule has 20 heavy (non-hydrogen) atoms. The van der Waals surface area contributed by atoms with E-state index in [1.54, 1.807) is 0 Å². The largest absolute Gasteiger partial charge is 0.374 e. The summed E-state index contributed by atoms with van der Waals surface area (Å²) < 4.78 is 0. The zero-order valence-corrected chi connectivity index (χ0v) is 13.1. The van der Waals surface area contributed by atoms with Gasteiger partial charge in [-0.1, -0.05) is 18.6 Å². The average Bonchev–Trinajstić information content (AvgIpc) is 3.09. The van der Waals surface area contributed by atoms with Gasteiger partial charge in [0, 0.05) is 25.3 Å². The van der Waals surface area contributed by atoms with Crippen molar-refractivity contribution in [3.63, 3.8) is 0 Å². The molecule has 2 bridgehead atoms. The van der Waals surface area contributed by atoms with Crippen molar-refractivity contribution in [1.82, 2.24) is 5.32 Å². The molecule has 2 aliphatic rings. The molecule has 1 aromatic rings. The summed E-state index contributed by atoms with van der Waals surface area (Å²) in [6, 6.07) is 9.49. The lowest BCUT2D eigenvalue weighted by atomic mass is 9.88. The highest BCUT2D eigenvalue weighted by Gasteiger charge is 2.39. The van der Waals surface area contributed by atoms with Gasteiger partial charge < -0.3 is 10.2 Å². The topological polar surface area (TPSA) is 15.3 Å². The maximum Gasteiger partial charge on any atom is 0.0363 e. The van der Waals surface area contributed by atoms with Crippen LogP contribution in [0.4, 0.5) is 5.69 Å². The molecule has 2 saturated carbocycles. The molecule has 2 fully saturated rings. The van der Waals surface area contributed by atoms with Gasteiger partial charge in [0.1, 0.15) is 0 Å². The Morgan fingerprint density at radius 2 is 1.95 bits per heavy atom. The first-order valence-electron chi connectivity index (χ1n) is 8.15. The van der Waals surface area contributed by atoms with Gasteiger partial charge in [-0.15, -0.1) is 0 Å². The summed E-state index contributed by atoms with van der Waals surface area (Å²) in [5.74, 6) is 3.01. The quantitative estimate of drug-likeness (QED) is 0.876. The fourth-order valence-electron chi connectivity index (χ4n) is 4.24. The molecular weight excluding hydrogens is 244 g/mol.